The van der Waals surface area contributed by atoms with Crippen molar-refractivity contribution in [1.82, 2.24) is 9.56 Å². The highest BCUT2D eigenvalue weighted by Crippen LogP contribution is 2.28. The third kappa shape index (κ3) is 2.94. The summed E-state index contributed by atoms with van der Waals surface area (Å²) in [7, 11) is 0. The molecular weight excluding hydrogens is 410 g/mol. The van der Waals surface area contributed by atoms with Gasteiger partial charge in [0.2, 0.25) is 0 Å². The molecule has 136 valence electrons. The van der Waals surface area contributed by atoms with E-state index in [0.717, 1.165) is 10.0 Å². The number of halogens is 1. The van der Waals surface area contributed by atoms with Crippen LogP contribution in [0.3, 0.4) is 0 Å². The molecule has 0 aliphatic heterocycles. The van der Waals surface area contributed by atoms with E-state index >= 15 is 0 Å². The van der Waals surface area contributed by atoms with Crippen LogP contribution in [0.15, 0.2) is 62.5 Å². The summed E-state index contributed by atoms with van der Waals surface area (Å²) in [6.45, 7) is 3.76. The molecule has 0 saturated heterocycles. The Morgan fingerprint density at radius 2 is 2.00 bits per heavy atom. The summed E-state index contributed by atoms with van der Waals surface area (Å²) in [5.41, 5.74) is 2.15. The lowest BCUT2D eigenvalue weighted by molar-refractivity contribution is -0.708. The molecule has 3 heterocycles. The van der Waals surface area contributed by atoms with E-state index in [1.54, 1.807) is 42.8 Å². The molecule has 4 aromatic rings. The van der Waals surface area contributed by atoms with Crippen LogP contribution in [-0.2, 0) is 6.54 Å². The summed E-state index contributed by atoms with van der Waals surface area (Å²) < 4.78 is 9.21. The quantitative estimate of drug-likeness (QED) is 0.473. The zero-order valence-corrected chi connectivity index (χ0v) is 16.4. The molecular formula is C20H16BrN3O3. The maximum absolute atomic E-state index is 13.4. The number of aryl methyl sites for hydroxylation is 2. The molecule has 7 heteroatoms. The van der Waals surface area contributed by atoms with Crippen molar-refractivity contribution in [3.8, 4) is 17.0 Å². The standard InChI is InChI=1S/C20H16BrN3O3/c1-12-17(13(2)27-22-12)18-19(25)23-9-4-3-8-16(23)24(20(18)26)11-14-6-5-7-15(21)10-14/h3-10H,11H2,1-2H3. The Hall–Kier alpha value is -2.93. The van der Waals surface area contributed by atoms with Crippen LogP contribution in [0, 0.1) is 13.8 Å². The first kappa shape index (κ1) is 17.5. The third-order valence-corrected chi connectivity index (χ3v) is 5.01. The van der Waals surface area contributed by atoms with Crippen LogP contribution in [0.1, 0.15) is 17.0 Å². The zero-order valence-electron chi connectivity index (χ0n) is 14.8. The lowest BCUT2D eigenvalue weighted by Gasteiger charge is -2.17. The van der Waals surface area contributed by atoms with Gasteiger partial charge in [-0.3, -0.25) is 0 Å². The topological polar surface area (TPSA) is 74.5 Å². The Kier molecular flexibility index (Phi) is 4.31. The first-order chi connectivity index (χ1) is 13.0. The van der Waals surface area contributed by atoms with Gasteiger partial charge in [0, 0.05) is 10.5 Å². The van der Waals surface area contributed by atoms with Crippen molar-refractivity contribution in [1.29, 1.82) is 0 Å². The van der Waals surface area contributed by atoms with Gasteiger partial charge in [-0.25, -0.2) is 9.36 Å². The average Bonchev–Trinajstić information content (AvgIpc) is 2.98. The largest absolute Gasteiger partial charge is 0.842 e. The minimum atomic E-state index is -0.379. The van der Waals surface area contributed by atoms with Crippen molar-refractivity contribution in [3.63, 3.8) is 0 Å². The fraction of sp³-hybridized carbons (Fsp3) is 0.150. The molecule has 0 unspecified atom stereocenters. The Morgan fingerprint density at radius 3 is 2.70 bits per heavy atom. The number of pyridine rings is 1. The van der Waals surface area contributed by atoms with E-state index in [4.69, 9.17) is 4.52 Å². The molecule has 0 aliphatic rings. The number of hydrogen-bond donors (Lipinski definition) is 0. The Labute approximate surface area is 163 Å². The van der Waals surface area contributed by atoms with E-state index in [1.165, 1.54) is 4.40 Å². The maximum atomic E-state index is 13.4. The number of benzene rings is 1. The van der Waals surface area contributed by atoms with Crippen LogP contribution in [-0.4, -0.2) is 9.56 Å². The van der Waals surface area contributed by atoms with E-state index in [0.29, 0.717) is 29.2 Å². The normalized spacial score (nSPS) is 11.2. The van der Waals surface area contributed by atoms with Gasteiger partial charge in [-0.1, -0.05) is 39.3 Å². The molecule has 0 atom stereocenters. The highest BCUT2D eigenvalue weighted by atomic mass is 79.9. The van der Waals surface area contributed by atoms with Gasteiger partial charge in [0.05, 0.1) is 23.3 Å². The van der Waals surface area contributed by atoms with Gasteiger partial charge >= 0.3 is 5.56 Å². The van der Waals surface area contributed by atoms with E-state index in [1.807, 2.05) is 24.3 Å². The predicted molar refractivity (Wildman–Crippen MR) is 102 cm³/mol. The van der Waals surface area contributed by atoms with Gasteiger partial charge in [0.25, 0.3) is 5.65 Å². The number of nitrogens with zero attached hydrogens (tertiary/aromatic N) is 3. The molecule has 1 aromatic carbocycles. The van der Waals surface area contributed by atoms with Crippen LogP contribution in [0.2, 0.25) is 0 Å². The van der Waals surface area contributed by atoms with Gasteiger partial charge in [0.1, 0.15) is 17.9 Å². The van der Waals surface area contributed by atoms with E-state index < -0.39 is 0 Å². The fourth-order valence-corrected chi connectivity index (χ4v) is 3.75. The van der Waals surface area contributed by atoms with Gasteiger partial charge < -0.3 is 9.63 Å². The Bertz CT molecular complexity index is 1210. The van der Waals surface area contributed by atoms with Crippen molar-refractivity contribution < 1.29 is 14.2 Å². The maximum Gasteiger partial charge on any atom is 0.349 e. The van der Waals surface area contributed by atoms with Gasteiger partial charge in [0.15, 0.2) is 0 Å². The minimum Gasteiger partial charge on any atom is -0.842 e. The van der Waals surface area contributed by atoms with Crippen molar-refractivity contribution in [2.24, 2.45) is 0 Å². The van der Waals surface area contributed by atoms with Crippen molar-refractivity contribution in [3.05, 3.63) is 80.5 Å². The van der Waals surface area contributed by atoms with Crippen molar-refractivity contribution >= 4 is 21.6 Å². The summed E-state index contributed by atoms with van der Waals surface area (Å²) in [5.74, 6) is 0.0900. The number of fused-ring (bicyclic) bond motifs is 1. The summed E-state index contributed by atoms with van der Waals surface area (Å²) in [6.07, 6.45) is 1.66. The van der Waals surface area contributed by atoms with Crippen LogP contribution in [0.4, 0.5) is 0 Å². The van der Waals surface area contributed by atoms with Gasteiger partial charge in [-0.05, 0) is 37.6 Å². The summed E-state index contributed by atoms with van der Waals surface area (Å²) in [6, 6.07) is 13.1. The Morgan fingerprint density at radius 1 is 1.19 bits per heavy atom. The summed E-state index contributed by atoms with van der Waals surface area (Å²) in [4.78, 5) is 13.1. The van der Waals surface area contributed by atoms with Crippen LogP contribution >= 0.6 is 15.9 Å². The number of rotatable bonds is 3. The van der Waals surface area contributed by atoms with Crippen LogP contribution in [0.5, 0.6) is 5.88 Å². The zero-order chi connectivity index (χ0) is 19.1. The monoisotopic (exact) mass is 425 g/mol. The molecule has 0 bridgehead atoms. The van der Waals surface area contributed by atoms with Crippen molar-refractivity contribution in [2.75, 3.05) is 0 Å². The molecule has 0 N–H and O–H groups in total. The first-order valence-electron chi connectivity index (χ1n) is 8.39. The molecule has 27 heavy (non-hydrogen) atoms. The molecule has 0 fully saturated rings. The number of aromatic nitrogens is 3. The lowest BCUT2D eigenvalue weighted by Crippen LogP contribution is -2.44. The first-order valence-corrected chi connectivity index (χ1v) is 9.18. The molecule has 4 rings (SSSR count). The summed E-state index contributed by atoms with van der Waals surface area (Å²) >= 11 is 3.46. The average molecular weight is 426 g/mol. The van der Waals surface area contributed by atoms with Crippen LogP contribution in [0.25, 0.3) is 16.8 Å². The van der Waals surface area contributed by atoms with E-state index in [-0.39, 0.29) is 17.0 Å². The predicted octanol–water partition coefficient (Wildman–Crippen LogP) is 2.74. The minimum absolute atomic E-state index is 0.0740. The second-order valence-corrected chi connectivity index (χ2v) is 7.25. The molecule has 0 amide bonds. The second kappa shape index (κ2) is 6.66. The van der Waals surface area contributed by atoms with Crippen molar-refractivity contribution in [2.45, 2.75) is 20.4 Å². The third-order valence-electron chi connectivity index (χ3n) is 4.52. The molecule has 6 nitrogen and oxygen atoms in total. The molecule has 3 aromatic heterocycles. The molecule has 0 aliphatic carbocycles. The van der Waals surface area contributed by atoms with Gasteiger partial charge in [-0.15, -0.1) is 0 Å². The smallest absolute Gasteiger partial charge is 0.349 e. The summed E-state index contributed by atoms with van der Waals surface area (Å²) in [5, 5.41) is 17.3. The second-order valence-electron chi connectivity index (χ2n) is 6.33. The van der Waals surface area contributed by atoms with Crippen LogP contribution < -0.4 is 15.2 Å². The molecule has 0 saturated carbocycles. The van der Waals surface area contributed by atoms with E-state index in [9.17, 15) is 9.90 Å². The Balaban J connectivity index is 2.05. The van der Waals surface area contributed by atoms with E-state index in [2.05, 4.69) is 21.1 Å². The highest BCUT2D eigenvalue weighted by molar-refractivity contribution is 9.10. The fourth-order valence-electron chi connectivity index (χ4n) is 3.30. The molecule has 0 radical (unpaired) electrons. The SMILES string of the molecule is Cc1noc(C)c1-c1c([O-])[n+](Cc2cccc(Br)c2)c2ccccn2c1=O. The highest BCUT2D eigenvalue weighted by Gasteiger charge is 2.24. The number of hydrogen-bond acceptors (Lipinski definition) is 4. The molecule has 0 spiro atoms. The lowest BCUT2D eigenvalue weighted by atomic mass is 10.1. The van der Waals surface area contributed by atoms with Gasteiger partial charge in [-0.2, -0.15) is 4.40 Å².